The van der Waals surface area contributed by atoms with E-state index in [2.05, 4.69) is 249 Å². The van der Waals surface area contributed by atoms with E-state index in [1.165, 1.54) is 44.5 Å². The zero-order chi connectivity index (χ0) is 41.9. The van der Waals surface area contributed by atoms with Crippen LogP contribution in [0.1, 0.15) is 116 Å². The van der Waals surface area contributed by atoms with Crippen LogP contribution in [0.5, 0.6) is 0 Å². The summed E-state index contributed by atoms with van der Waals surface area (Å²) in [6.45, 7) is 32.2. The topological polar surface area (TPSA) is 13.0 Å². The van der Waals surface area contributed by atoms with Crippen molar-refractivity contribution in [1.82, 2.24) is 0 Å². The van der Waals surface area contributed by atoms with Crippen molar-refractivity contribution in [3.63, 3.8) is 0 Å². The Balaban J connectivity index is 0.00000499. The fraction of sp³-hybridized carbons (Fsp3) is 0.309. The van der Waals surface area contributed by atoms with Gasteiger partial charge in [-0.05, 0) is 68.2 Å². The molecule has 0 amide bonds. The van der Waals surface area contributed by atoms with Crippen LogP contribution in [0.3, 0.4) is 0 Å². The minimum absolute atomic E-state index is 0. The number of anilines is 6. The predicted molar refractivity (Wildman–Crippen MR) is 249 cm³/mol. The van der Waals surface area contributed by atoms with Gasteiger partial charge in [-0.25, -0.2) is 0 Å². The SMILES string of the molecule is CC(C)(C)c1cc[c-]c(N2[CH-]N(C3(N4[CH-]N(c5[c-]ccc(C(C)(C)C)c5)c5ccccc54)c4ccc(C(C)(C)C)cc4-c4cc(C(C)(C)C)ccc43)c3ccccc32)c1.[Pt+4]. The molecule has 0 atom stereocenters. The van der Waals surface area contributed by atoms with E-state index in [4.69, 9.17) is 0 Å². The van der Waals surface area contributed by atoms with E-state index in [9.17, 15) is 0 Å². The molecule has 3 aliphatic rings. The average molecular weight is 970 g/mol. The van der Waals surface area contributed by atoms with Gasteiger partial charge in [0, 0.05) is 33.9 Å². The van der Waals surface area contributed by atoms with Crippen molar-refractivity contribution in [2.75, 3.05) is 19.6 Å². The van der Waals surface area contributed by atoms with E-state index < -0.39 is 5.66 Å². The van der Waals surface area contributed by atoms with Gasteiger partial charge in [-0.15, -0.1) is 36.8 Å². The smallest absolute Gasteiger partial charge is 0.494 e. The molecule has 0 bridgehead atoms. The van der Waals surface area contributed by atoms with E-state index >= 15 is 0 Å². The maximum Gasteiger partial charge on any atom is 4.00 e. The molecule has 0 saturated heterocycles. The van der Waals surface area contributed by atoms with Crippen LogP contribution in [0.4, 0.5) is 34.1 Å². The molecule has 0 spiro atoms. The Morgan fingerprint density at radius 2 is 0.750 bits per heavy atom. The van der Waals surface area contributed by atoms with Gasteiger partial charge in [-0.1, -0.05) is 144 Å². The molecule has 6 aromatic carbocycles. The minimum atomic E-state index is -0.837. The average Bonchev–Trinajstić information content (AvgIpc) is 3.85. The molecular weight excluding hydrogens is 912 g/mol. The van der Waals surface area contributed by atoms with Gasteiger partial charge >= 0.3 is 21.1 Å². The summed E-state index contributed by atoms with van der Waals surface area (Å²) in [7, 11) is 0. The number of hydrogen-bond donors (Lipinski definition) is 0. The van der Waals surface area contributed by atoms with Gasteiger partial charge < -0.3 is 19.6 Å². The van der Waals surface area contributed by atoms with E-state index in [0.717, 1.165) is 34.1 Å². The van der Waals surface area contributed by atoms with Crippen LogP contribution in [0.15, 0.2) is 121 Å². The Bertz CT molecular complexity index is 2410. The second-order valence-corrected chi connectivity index (χ2v) is 20.8. The summed E-state index contributed by atoms with van der Waals surface area (Å²) in [5.74, 6) is 0. The molecule has 9 rings (SSSR count). The summed E-state index contributed by atoms with van der Waals surface area (Å²) in [6, 6.07) is 52.7. The third kappa shape index (κ3) is 6.69. The predicted octanol–water partition coefficient (Wildman–Crippen LogP) is 14.2. The number of hydrogen-bond acceptors (Lipinski definition) is 4. The number of benzene rings is 6. The molecule has 308 valence electrons. The van der Waals surface area contributed by atoms with Gasteiger partial charge in [0.15, 0.2) is 0 Å². The number of nitrogens with zero attached hydrogens (tertiary/aromatic N) is 4. The van der Waals surface area contributed by atoms with Gasteiger partial charge in [0.25, 0.3) is 0 Å². The van der Waals surface area contributed by atoms with Gasteiger partial charge in [-0.2, -0.15) is 47.5 Å². The van der Waals surface area contributed by atoms with Crippen LogP contribution in [0.2, 0.25) is 0 Å². The number of para-hydroxylation sites is 4. The first kappa shape index (κ1) is 41.9. The summed E-state index contributed by atoms with van der Waals surface area (Å²) in [5, 5.41) is 0. The Morgan fingerprint density at radius 3 is 1.10 bits per heavy atom. The molecule has 0 saturated carbocycles. The van der Waals surface area contributed by atoms with E-state index in [-0.39, 0.29) is 42.7 Å². The van der Waals surface area contributed by atoms with Gasteiger partial charge in [0.1, 0.15) is 5.66 Å². The summed E-state index contributed by atoms with van der Waals surface area (Å²) >= 11 is 0. The summed E-state index contributed by atoms with van der Waals surface area (Å²) in [5.41, 5.74) is 15.8. The van der Waals surface area contributed by atoms with Crippen molar-refractivity contribution in [1.29, 1.82) is 0 Å². The third-order valence-corrected chi connectivity index (χ3v) is 12.6. The van der Waals surface area contributed by atoms with Crippen LogP contribution < -0.4 is 19.6 Å². The second-order valence-electron chi connectivity index (χ2n) is 20.8. The van der Waals surface area contributed by atoms with Crippen LogP contribution in [-0.4, -0.2) is 0 Å². The summed E-state index contributed by atoms with van der Waals surface area (Å²) in [6.07, 6.45) is 0. The molecular formula is C55H58N4Pt. The van der Waals surface area contributed by atoms with E-state index in [1.54, 1.807) is 0 Å². The van der Waals surface area contributed by atoms with Crippen molar-refractivity contribution >= 4 is 34.1 Å². The monoisotopic (exact) mass is 969 g/mol. The van der Waals surface area contributed by atoms with Gasteiger partial charge in [-0.3, -0.25) is 0 Å². The van der Waals surface area contributed by atoms with Crippen LogP contribution in [-0.2, 0) is 48.4 Å². The maximum absolute atomic E-state index is 3.64. The fourth-order valence-corrected chi connectivity index (χ4v) is 9.10. The molecule has 5 heteroatoms. The van der Waals surface area contributed by atoms with Crippen LogP contribution in [0.25, 0.3) is 11.1 Å². The molecule has 2 aliphatic heterocycles. The Labute approximate surface area is 374 Å². The maximum atomic E-state index is 3.64. The Morgan fingerprint density at radius 1 is 0.417 bits per heavy atom. The molecule has 0 aromatic heterocycles. The first-order valence-corrected chi connectivity index (χ1v) is 21.2. The normalized spacial score (nSPS) is 15.7. The first-order chi connectivity index (χ1) is 27.8. The molecule has 2 heterocycles. The largest absolute Gasteiger partial charge is 4.00 e. The first-order valence-electron chi connectivity index (χ1n) is 21.2. The third-order valence-electron chi connectivity index (χ3n) is 12.6. The van der Waals surface area contributed by atoms with Crippen molar-refractivity contribution in [2.45, 2.75) is 110 Å². The molecule has 60 heavy (non-hydrogen) atoms. The molecule has 1 aliphatic carbocycles. The number of fused-ring (bicyclic) bond motifs is 5. The molecule has 0 radical (unpaired) electrons. The Hall–Kier alpha value is -4.79. The fourth-order valence-electron chi connectivity index (χ4n) is 9.10. The Kier molecular flexibility index (Phi) is 10.1. The van der Waals surface area contributed by atoms with Crippen molar-refractivity contribution in [3.05, 3.63) is 180 Å². The van der Waals surface area contributed by atoms with Gasteiger partial charge in [0.2, 0.25) is 0 Å². The quantitative estimate of drug-likeness (QED) is 0.163. The van der Waals surface area contributed by atoms with Crippen molar-refractivity contribution in [2.24, 2.45) is 0 Å². The van der Waals surface area contributed by atoms with Crippen LogP contribution in [0, 0.1) is 25.5 Å². The van der Waals surface area contributed by atoms with Crippen molar-refractivity contribution in [3.8, 4) is 11.1 Å². The molecule has 4 nitrogen and oxygen atoms in total. The summed E-state index contributed by atoms with van der Waals surface area (Å²) < 4.78 is 0. The molecule has 6 aromatic rings. The molecule has 0 unspecified atom stereocenters. The standard InChI is InChI=1S/C55H58N4.Pt/c1-51(2,3)37-19-17-21-41(31-37)56-35-58(49-25-15-13-23-47(49)56)55(59-36-57(48-24-14-16-26-50(48)59)42-22-18-20-38(32-42)52(4,5)6)45-29-27-39(53(7,8)9)33-43(45)44-34-40(54(10,11)12)28-30-46(44)55;/h13-20,23-36H,1-12H3;/q-4;+4. The van der Waals surface area contributed by atoms with Gasteiger partial charge in [0.05, 0.1) is 0 Å². The molecule has 0 N–H and O–H groups in total. The van der Waals surface area contributed by atoms with Crippen LogP contribution >= 0.6 is 0 Å². The zero-order valence-electron chi connectivity index (χ0n) is 37.3. The minimum Gasteiger partial charge on any atom is -0.494 e. The zero-order valence-corrected chi connectivity index (χ0v) is 39.6. The van der Waals surface area contributed by atoms with Crippen molar-refractivity contribution < 1.29 is 21.1 Å². The summed E-state index contributed by atoms with van der Waals surface area (Å²) in [4.78, 5) is 9.78. The second kappa shape index (κ2) is 14.4. The number of rotatable bonds is 4. The van der Waals surface area contributed by atoms with E-state index in [1.807, 2.05) is 0 Å². The van der Waals surface area contributed by atoms with E-state index in [0.29, 0.717) is 0 Å². The molecule has 0 fully saturated rings.